The number of halogens is 1. The van der Waals surface area contributed by atoms with Gasteiger partial charge in [0.15, 0.2) is 0 Å². The fourth-order valence-electron chi connectivity index (χ4n) is 1.78. The maximum atomic E-state index is 12.9. The Labute approximate surface area is 93.7 Å². The summed E-state index contributed by atoms with van der Waals surface area (Å²) in [5, 5.41) is 3.49. The Morgan fingerprint density at radius 1 is 1.60 bits per heavy atom. The third kappa shape index (κ3) is 2.92. The number of hydrogen-bond acceptors (Lipinski definition) is 3. The van der Waals surface area contributed by atoms with E-state index in [4.69, 9.17) is 0 Å². The molecule has 2 heterocycles. The average Bonchev–Trinajstić information content (AvgIpc) is 2.70. The molecule has 0 aliphatic carbocycles. The van der Waals surface area contributed by atoms with Gasteiger partial charge in [0.2, 0.25) is 0 Å². The number of rotatable bonds is 3. The van der Waals surface area contributed by atoms with E-state index in [9.17, 15) is 4.39 Å². The van der Waals surface area contributed by atoms with E-state index < -0.39 is 0 Å². The summed E-state index contributed by atoms with van der Waals surface area (Å²) in [6.45, 7) is 2.06. The van der Waals surface area contributed by atoms with E-state index in [2.05, 4.69) is 17.2 Å². The maximum Gasteiger partial charge on any atom is 0.141 e. The van der Waals surface area contributed by atoms with Crippen molar-refractivity contribution in [1.82, 2.24) is 10.3 Å². The van der Waals surface area contributed by atoms with E-state index >= 15 is 0 Å². The van der Waals surface area contributed by atoms with Gasteiger partial charge in [-0.15, -0.1) is 0 Å². The Balaban J connectivity index is 1.97. The van der Waals surface area contributed by atoms with E-state index in [1.165, 1.54) is 18.4 Å². The van der Waals surface area contributed by atoms with Crippen LogP contribution in [0.2, 0.25) is 0 Å². The van der Waals surface area contributed by atoms with E-state index in [-0.39, 0.29) is 11.9 Å². The summed E-state index contributed by atoms with van der Waals surface area (Å²) in [7, 11) is 0. The maximum absolute atomic E-state index is 12.9. The van der Waals surface area contributed by atoms with Gasteiger partial charge in [-0.1, -0.05) is 0 Å². The van der Waals surface area contributed by atoms with Crippen molar-refractivity contribution in [3.8, 4) is 0 Å². The molecule has 1 aromatic heterocycles. The summed E-state index contributed by atoms with van der Waals surface area (Å²) in [6, 6.07) is 2.29. The lowest BCUT2D eigenvalue weighted by molar-refractivity contribution is 0.482. The van der Waals surface area contributed by atoms with Crippen LogP contribution in [0.3, 0.4) is 0 Å². The molecule has 0 saturated carbocycles. The summed E-state index contributed by atoms with van der Waals surface area (Å²) >= 11 is 1.97. The van der Waals surface area contributed by atoms with Crippen molar-refractivity contribution in [1.29, 1.82) is 0 Å². The molecule has 0 spiro atoms. The first-order valence-electron chi connectivity index (χ1n) is 5.20. The first kappa shape index (κ1) is 10.9. The first-order chi connectivity index (χ1) is 7.25. The fourth-order valence-corrected chi connectivity index (χ4v) is 2.95. The van der Waals surface area contributed by atoms with Crippen LogP contribution in [-0.4, -0.2) is 22.5 Å². The number of nitrogens with one attached hydrogen (secondary N) is 1. The molecular weight excluding hydrogens is 211 g/mol. The zero-order valence-electron chi connectivity index (χ0n) is 8.74. The predicted molar refractivity (Wildman–Crippen MR) is 61.5 cm³/mol. The quantitative estimate of drug-likeness (QED) is 0.856. The van der Waals surface area contributed by atoms with Gasteiger partial charge in [0.25, 0.3) is 0 Å². The Morgan fingerprint density at radius 3 is 3.13 bits per heavy atom. The standard InChI is InChI=1S/C11H15FN2S/c1-8(14-11-2-3-15-7-11)9-4-10(12)6-13-5-9/h4-6,8,11,14H,2-3,7H2,1H3/t8-,11+/m0/s1. The van der Waals surface area contributed by atoms with Gasteiger partial charge in [-0.3, -0.25) is 4.98 Å². The van der Waals surface area contributed by atoms with Crippen molar-refractivity contribution in [2.45, 2.75) is 25.4 Å². The molecule has 2 nitrogen and oxygen atoms in total. The smallest absolute Gasteiger partial charge is 0.141 e. The van der Waals surface area contributed by atoms with Crippen LogP contribution in [0.1, 0.15) is 24.9 Å². The van der Waals surface area contributed by atoms with Crippen LogP contribution in [0, 0.1) is 5.82 Å². The molecule has 1 fully saturated rings. The number of thioether (sulfide) groups is 1. The van der Waals surface area contributed by atoms with Gasteiger partial charge in [0.1, 0.15) is 5.82 Å². The monoisotopic (exact) mass is 226 g/mol. The van der Waals surface area contributed by atoms with Gasteiger partial charge in [0, 0.05) is 24.0 Å². The van der Waals surface area contributed by atoms with E-state index in [1.54, 1.807) is 12.3 Å². The van der Waals surface area contributed by atoms with Gasteiger partial charge in [-0.05, 0) is 30.7 Å². The fraction of sp³-hybridized carbons (Fsp3) is 0.545. The van der Waals surface area contributed by atoms with Crippen molar-refractivity contribution in [3.05, 3.63) is 29.8 Å². The molecule has 4 heteroatoms. The van der Waals surface area contributed by atoms with Crippen molar-refractivity contribution in [3.63, 3.8) is 0 Å². The van der Waals surface area contributed by atoms with Crippen molar-refractivity contribution >= 4 is 11.8 Å². The molecule has 1 N–H and O–H groups in total. The van der Waals surface area contributed by atoms with Crippen LogP contribution in [0.5, 0.6) is 0 Å². The summed E-state index contributed by atoms with van der Waals surface area (Å²) in [4.78, 5) is 3.86. The summed E-state index contributed by atoms with van der Waals surface area (Å²) in [6.07, 6.45) is 4.17. The molecule has 0 bridgehead atoms. The Bertz CT molecular complexity index is 326. The lowest BCUT2D eigenvalue weighted by Crippen LogP contribution is -2.31. The van der Waals surface area contributed by atoms with Crippen molar-refractivity contribution in [2.24, 2.45) is 0 Å². The van der Waals surface area contributed by atoms with Crippen LogP contribution < -0.4 is 5.32 Å². The Hall–Kier alpha value is -0.610. The van der Waals surface area contributed by atoms with Crippen LogP contribution >= 0.6 is 11.8 Å². The molecule has 15 heavy (non-hydrogen) atoms. The lowest BCUT2D eigenvalue weighted by atomic mass is 10.1. The SMILES string of the molecule is C[C@H](N[C@@H]1CCSC1)c1cncc(F)c1. The largest absolute Gasteiger partial charge is 0.307 e. The first-order valence-corrected chi connectivity index (χ1v) is 6.35. The molecule has 0 unspecified atom stereocenters. The molecule has 0 radical (unpaired) electrons. The second-order valence-corrected chi connectivity index (χ2v) is 5.04. The molecule has 0 aromatic carbocycles. The molecule has 1 saturated heterocycles. The lowest BCUT2D eigenvalue weighted by Gasteiger charge is -2.18. The van der Waals surface area contributed by atoms with Gasteiger partial charge in [-0.25, -0.2) is 4.39 Å². The Morgan fingerprint density at radius 2 is 2.47 bits per heavy atom. The highest BCUT2D eigenvalue weighted by Gasteiger charge is 2.18. The van der Waals surface area contributed by atoms with Gasteiger partial charge in [0.05, 0.1) is 6.20 Å². The summed E-state index contributed by atoms with van der Waals surface area (Å²) in [5.74, 6) is 2.13. The number of nitrogens with zero attached hydrogens (tertiary/aromatic N) is 1. The van der Waals surface area contributed by atoms with Crippen molar-refractivity contribution in [2.75, 3.05) is 11.5 Å². The highest BCUT2D eigenvalue weighted by molar-refractivity contribution is 7.99. The van der Waals surface area contributed by atoms with E-state index in [0.717, 1.165) is 11.3 Å². The highest BCUT2D eigenvalue weighted by Crippen LogP contribution is 2.21. The molecule has 1 aliphatic rings. The molecule has 82 valence electrons. The van der Waals surface area contributed by atoms with Crippen LogP contribution in [0.15, 0.2) is 18.5 Å². The Kier molecular flexibility index (Phi) is 3.59. The van der Waals surface area contributed by atoms with Gasteiger partial charge < -0.3 is 5.32 Å². The number of hydrogen-bond donors (Lipinski definition) is 1. The van der Waals surface area contributed by atoms with Crippen LogP contribution in [0.25, 0.3) is 0 Å². The third-order valence-corrected chi connectivity index (χ3v) is 3.80. The topological polar surface area (TPSA) is 24.9 Å². The molecule has 2 rings (SSSR count). The minimum absolute atomic E-state index is 0.178. The van der Waals surface area contributed by atoms with E-state index in [1.807, 2.05) is 11.8 Å². The molecule has 2 atom stereocenters. The van der Waals surface area contributed by atoms with Crippen LogP contribution in [0.4, 0.5) is 4.39 Å². The normalized spacial score (nSPS) is 22.9. The van der Waals surface area contributed by atoms with Gasteiger partial charge in [-0.2, -0.15) is 11.8 Å². The summed E-state index contributed by atoms with van der Waals surface area (Å²) < 4.78 is 12.9. The predicted octanol–water partition coefficient (Wildman–Crippen LogP) is 2.38. The van der Waals surface area contributed by atoms with E-state index in [0.29, 0.717) is 6.04 Å². The van der Waals surface area contributed by atoms with Gasteiger partial charge >= 0.3 is 0 Å². The number of aromatic nitrogens is 1. The minimum Gasteiger partial charge on any atom is -0.307 e. The highest BCUT2D eigenvalue weighted by atomic mass is 32.2. The van der Waals surface area contributed by atoms with Crippen molar-refractivity contribution < 1.29 is 4.39 Å². The number of pyridine rings is 1. The average molecular weight is 226 g/mol. The molecular formula is C11H15FN2S. The molecule has 1 aromatic rings. The molecule has 1 aliphatic heterocycles. The third-order valence-electron chi connectivity index (χ3n) is 2.64. The second kappa shape index (κ2) is 4.94. The summed E-state index contributed by atoms with van der Waals surface area (Å²) in [5.41, 5.74) is 0.923. The molecule has 0 amide bonds. The minimum atomic E-state index is -0.262. The zero-order valence-corrected chi connectivity index (χ0v) is 9.56. The zero-order chi connectivity index (χ0) is 10.7. The second-order valence-electron chi connectivity index (χ2n) is 3.89. The van der Waals surface area contributed by atoms with Crippen LogP contribution in [-0.2, 0) is 0 Å².